The van der Waals surface area contributed by atoms with Crippen LogP contribution in [0, 0.1) is 0 Å². The maximum atomic E-state index is 6.24. The van der Waals surface area contributed by atoms with Gasteiger partial charge in [-0.05, 0) is 66.7 Å². The first-order valence-corrected chi connectivity index (χ1v) is 12.8. The second-order valence-corrected chi connectivity index (χ2v) is 10.0. The number of hydrogen-bond donors (Lipinski definition) is 0. The summed E-state index contributed by atoms with van der Waals surface area (Å²) >= 11 is 1.79. The molecule has 0 radical (unpaired) electrons. The highest BCUT2D eigenvalue weighted by molar-refractivity contribution is 7.26. The fraction of sp³-hybridized carbons (Fsp3) is 0. The van der Waals surface area contributed by atoms with E-state index in [4.69, 9.17) is 8.83 Å². The second kappa shape index (κ2) is 7.48. The van der Waals surface area contributed by atoms with Gasteiger partial charge in [0.05, 0.1) is 4.70 Å². The molecule has 0 aliphatic carbocycles. The van der Waals surface area contributed by atoms with Crippen LogP contribution in [0.5, 0.6) is 0 Å². The van der Waals surface area contributed by atoms with Crippen LogP contribution in [0.4, 0.5) is 17.1 Å². The van der Waals surface area contributed by atoms with Gasteiger partial charge in [-0.3, -0.25) is 0 Å². The van der Waals surface area contributed by atoms with Crippen molar-refractivity contribution in [2.75, 3.05) is 4.90 Å². The minimum atomic E-state index is 0.897. The number of benzene rings is 5. The zero-order chi connectivity index (χ0) is 23.6. The molecule has 8 aromatic rings. The molecular weight excluding hydrogens is 462 g/mol. The standard InChI is InChI=1S/C32H19NO2S/c1-2-8-20(9-3-1)33(21-15-17-29-26(18-21)23-10-4-6-12-27(23)34-29)22-14-16-25-30(19-22)36-32-24-11-5-7-13-28(24)35-31(25)32/h1-19H. The number of furan rings is 2. The molecule has 3 heterocycles. The van der Waals surface area contributed by atoms with Crippen molar-refractivity contribution < 1.29 is 8.83 Å². The van der Waals surface area contributed by atoms with E-state index in [1.54, 1.807) is 11.3 Å². The zero-order valence-electron chi connectivity index (χ0n) is 19.1. The van der Waals surface area contributed by atoms with Crippen molar-refractivity contribution in [3.63, 3.8) is 0 Å². The largest absolute Gasteiger partial charge is 0.456 e. The first-order valence-electron chi connectivity index (χ1n) is 11.9. The molecule has 0 saturated carbocycles. The average molecular weight is 482 g/mol. The monoisotopic (exact) mass is 481 g/mol. The molecule has 5 aromatic carbocycles. The molecule has 3 nitrogen and oxygen atoms in total. The van der Waals surface area contributed by atoms with Gasteiger partial charge in [-0.15, -0.1) is 11.3 Å². The van der Waals surface area contributed by atoms with Gasteiger partial charge in [-0.2, -0.15) is 0 Å². The fourth-order valence-electron chi connectivity index (χ4n) is 5.21. The van der Waals surface area contributed by atoms with Gasteiger partial charge in [-0.25, -0.2) is 0 Å². The van der Waals surface area contributed by atoms with Gasteiger partial charge in [0.25, 0.3) is 0 Å². The first-order chi connectivity index (χ1) is 17.8. The molecule has 0 bridgehead atoms. The minimum absolute atomic E-state index is 0.897. The lowest BCUT2D eigenvalue weighted by atomic mass is 10.1. The van der Waals surface area contributed by atoms with Gasteiger partial charge < -0.3 is 13.7 Å². The Morgan fingerprint density at radius 2 is 1.14 bits per heavy atom. The van der Waals surface area contributed by atoms with Crippen molar-refractivity contribution in [1.29, 1.82) is 0 Å². The molecule has 0 aliphatic rings. The van der Waals surface area contributed by atoms with E-state index in [1.807, 2.05) is 24.3 Å². The molecule has 0 unspecified atom stereocenters. The Hall–Kier alpha value is -4.54. The summed E-state index contributed by atoms with van der Waals surface area (Å²) in [7, 11) is 0. The summed E-state index contributed by atoms with van der Waals surface area (Å²) in [5, 5.41) is 4.57. The number of fused-ring (bicyclic) bond motifs is 8. The van der Waals surface area contributed by atoms with Crippen molar-refractivity contribution in [2.45, 2.75) is 0 Å². The lowest BCUT2D eigenvalue weighted by molar-refractivity contribution is 0.669. The van der Waals surface area contributed by atoms with Crippen molar-refractivity contribution >= 4 is 81.7 Å². The Balaban J connectivity index is 1.35. The lowest BCUT2D eigenvalue weighted by Gasteiger charge is -2.25. The molecule has 4 heteroatoms. The van der Waals surface area contributed by atoms with E-state index in [9.17, 15) is 0 Å². The highest BCUT2D eigenvalue weighted by Gasteiger charge is 2.18. The Bertz CT molecular complexity index is 2060. The third kappa shape index (κ3) is 2.85. The van der Waals surface area contributed by atoms with Crippen LogP contribution in [0.1, 0.15) is 0 Å². The molecule has 0 amide bonds. The molecule has 0 N–H and O–H groups in total. The number of anilines is 3. The average Bonchev–Trinajstić information content (AvgIpc) is 3.59. The van der Waals surface area contributed by atoms with Gasteiger partial charge in [-0.1, -0.05) is 48.5 Å². The minimum Gasteiger partial charge on any atom is -0.456 e. The summed E-state index contributed by atoms with van der Waals surface area (Å²) < 4.78 is 14.7. The van der Waals surface area contributed by atoms with E-state index in [-0.39, 0.29) is 0 Å². The Labute approximate surface area is 210 Å². The Kier molecular flexibility index (Phi) is 4.10. The summed E-state index contributed by atoms with van der Waals surface area (Å²) in [6.45, 7) is 0. The van der Waals surface area contributed by atoms with Crippen LogP contribution in [0.25, 0.3) is 53.3 Å². The number of thiophene rings is 1. The number of rotatable bonds is 3. The summed E-state index contributed by atoms with van der Waals surface area (Å²) in [4.78, 5) is 2.31. The molecular formula is C32H19NO2S. The predicted octanol–water partition coefficient (Wildman–Crippen LogP) is 10.2. The molecule has 0 aliphatic heterocycles. The molecule has 0 saturated heterocycles. The summed E-state index contributed by atoms with van der Waals surface area (Å²) in [6, 6.07) is 40.1. The molecule has 0 spiro atoms. The van der Waals surface area contributed by atoms with E-state index >= 15 is 0 Å². The van der Waals surface area contributed by atoms with E-state index in [2.05, 4.69) is 95.9 Å². The SMILES string of the molecule is c1ccc(N(c2ccc3c(c2)sc2c4ccccc4oc32)c2ccc3oc4ccccc4c3c2)cc1. The molecule has 0 fully saturated rings. The number of para-hydroxylation sites is 3. The molecule has 36 heavy (non-hydrogen) atoms. The van der Waals surface area contributed by atoms with Crippen LogP contribution < -0.4 is 4.90 Å². The van der Waals surface area contributed by atoms with Gasteiger partial charge in [0.2, 0.25) is 0 Å². The lowest BCUT2D eigenvalue weighted by Crippen LogP contribution is -2.09. The highest BCUT2D eigenvalue weighted by Crippen LogP contribution is 2.44. The zero-order valence-corrected chi connectivity index (χ0v) is 20.0. The van der Waals surface area contributed by atoms with Gasteiger partial charge in [0.1, 0.15) is 16.7 Å². The molecule has 8 rings (SSSR count). The van der Waals surface area contributed by atoms with Crippen molar-refractivity contribution in [2.24, 2.45) is 0 Å². The third-order valence-corrected chi connectivity index (χ3v) is 8.03. The second-order valence-electron chi connectivity index (χ2n) is 8.99. The maximum absolute atomic E-state index is 6.24. The van der Waals surface area contributed by atoms with Crippen molar-refractivity contribution in [3.05, 3.63) is 115 Å². The number of hydrogen-bond acceptors (Lipinski definition) is 4. The van der Waals surface area contributed by atoms with Crippen molar-refractivity contribution in [3.8, 4) is 0 Å². The van der Waals surface area contributed by atoms with Crippen LogP contribution >= 0.6 is 11.3 Å². The topological polar surface area (TPSA) is 29.5 Å². The van der Waals surface area contributed by atoms with Crippen LogP contribution in [-0.2, 0) is 0 Å². The fourth-order valence-corrected chi connectivity index (χ4v) is 6.40. The molecule has 0 atom stereocenters. The molecule has 170 valence electrons. The van der Waals surface area contributed by atoms with E-state index in [0.717, 1.165) is 55.6 Å². The summed E-state index contributed by atoms with van der Waals surface area (Å²) in [5.41, 5.74) is 7.02. The highest BCUT2D eigenvalue weighted by atomic mass is 32.1. The van der Waals surface area contributed by atoms with Gasteiger partial charge >= 0.3 is 0 Å². The Morgan fingerprint density at radius 3 is 2.00 bits per heavy atom. The summed E-state index contributed by atoms with van der Waals surface area (Å²) in [6.07, 6.45) is 0. The smallest absolute Gasteiger partial charge is 0.154 e. The van der Waals surface area contributed by atoms with Crippen LogP contribution in [0.3, 0.4) is 0 Å². The predicted molar refractivity (Wildman–Crippen MR) is 151 cm³/mol. The summed E-state index contributed by atoms with van der Waals surface area (Å²) in [5.74, 6) is 0. The van der Waals surface area contributed by atoms with Gasteiger partial charge in [0, 0.05) is 43.3 Å². The quantitative estimate of drug-likeness (QED) is 0.251. The van der Waals surface area contributed by atoms with E-state index in [0.29, 0.717) is 0 Å². The maximum Gasteiger partial charge on any atom is 0.154 e. The van der Waals surface area contributed by atoms with E-state index in [1.165, 1.54) is 14.8 Å². The molecule has 3 aromatic heterocycles. The Morgan fingerprint density at radius 1 is 0.472 bits per heavy atom. The van der Waals surface area contributed by atoms with Crippen LogP contribution in [0.15, 0.2) is 124 Å². The van der Waals surface area contributed by atoms with Crippen molar-refractivity contribution in [1.82, 2.24) is 0 Å². The third-order valence-electron chi connectivity index (χ3n) is 6.86. The normalized spacial score (nSPS) is 11.9. The van der Waals surface area contributed by atoms with Crippen LogP contribution in [-0.4, -0.2) is 0 Å². The van der Waals surface area contributed by atoms with Crippen LogP contribution in [0.2, 0.25) is 0 Å². The van der Waals surface area contributed by atoms with Gasteiger partial charge in [0.15, 0.2) is 5.58 Å². The number of nitrogens with zero attached hydrogens (tertiary/aromatic N) is 1. The first kappa shape index (κ1) is 19.7. The van der Waals surface area contributed by atoms with E-state index < -0.39 is 0 Å².